The topological polar surface area (TPSA) is 51.0 Å². The molecule has 0 spiro atoms. The van der Waals surface area contributed by atoms with Crippen molar-refractivity contribution in [2.45, 2.75) is 33.6 Å². The van der Waals surface area contributed by atoms with Crippen LogP contribution in [-0.4, -0.2) is 23.2 Å². The van der Waals surface area contributed by atoms with Gasteiger partial charge in [0.05, 0.1) is 0 Å². The van der Waals surface area contributed by atoms with Crippen LogP contribution < -0.4 is 5.32 Å². The molecule has 0 saturated carbocycles. The zero-order chi connectivity index (χ0) is 10.9. The molecule has 4 heteroatoms. The molecule has 0 bridgehead atoms. The molecular formula is C11H19N3O. The van der Waals surface area contributed by atoms with Crippen LogP contribution in [0.25, 0.3) is 0 Å². The maximum Gasteiger partial charge on any atom is 0.227 e. The molecule has 0 unspecified atom stereocenters. The SMILES string of the molecule is CC(C)(C)Cc1noc(CC2CNC2)n1. The van der Waals surface area contributed by atoms with Gasteiger partial charge in [-0.1, -0.05) is 25.9 Å². The lowest BCUT2D eigenvalue weighted by Crippen LogP contribution is -2.43. The third-order valence-electron chi connectivity index (χ3n) is 2.53. The van der Waals surface area contributed by atoms with Crippen molar-refractivity contribution in [2.75, 3.05) is 13.1 Å². The summed E-state index contributed by atoms with van der Waals surface area (Å²) in [6, 6.07) is 0. The van der Waals surface area contributed by atoms with Crippen LogP contribution >= 0.6 is 0 Å². The fraction of sp³-hybridized carbons (Fsp3) is 0.818. The lowest BCUT2D eigenvalue weighted by Gasteiger charge is -2.25. The molecule has 0 amide bonds. The van der Waals surface area contributed by atoms with Crippen molar-refractivity contribution in [3.05, 3.63) is 11.7 Å². The van der Waals surface area contributed by atoms with Crippen molar-refractivity contribution >= 4 is 0 Å². The first-order chi connectivity index (χ1) is 7.03. The van der Waals surface area contributed by atoms with E-state index >= 15 is 0 Å². The second-order valence-corrected chi connectivity index (χ2v) is 5.57. The molecule has 84 valence electrons. The van der Waals surface area contributed by atoms with Gasteiger partial charge < -0.3 is 9.84 Å². The zero-order valence-corrected chi connectivity index (χ0v) is 9.71. The van der Waals surface area contributed by atoms with Gasteiger partial charge in [0.1, 0.15) is 0 Å². The Balaban J connectivity index is 1.91. The Morgan fingerprint density at radius 2 is 2.13 bits per heavy atom. The van der Waals surface area contributed by atoms with Crippen LogP contribution in [0.15, 0.2) is 4.52 Å². The molecule has 15 heavy (non-hydrogen) atoms. The van der Waals surface area contributed by atoms with Crippen LogP contribution in [0.2, 0.25) is 0 Å². The number of rotatable bonds is 3. The lowest BCUT2D eigenvalue weighted by atomic mass is 9.92. The summed E-state index contributed by atoms with van der Waals surface area (Å²) in [5, 5.41) is 7.24. The molecule has 0 radical (unpaired) electrons. The maximum atomic E-state index is 5.23. The van der Waals surface area contributed by atoms with Gasteiger partial charge in [0.2, 0.25) is 5.89 Å². The van der Waals surface area contributed by atoms with Crippen molar-refractivity contribution in [3.63, 3.8) is 0 Å². The largest absolute Gasteiger partial charge is 0.339 e. The highest BCUT2D eigenvalue weighted by molar-refractivity contribution is 4.93. The number of nitrogens with zero attached hydrogens (tertiary/aromatic N) is 2. The highest BCUT2D eigenvalue weighted by Gasteiger charge is 2.21. The first-order valence-corrected chi connectivity index (χ1v) is 5.55. The Bertz CT molecular complexity index is 323. The molecule has 1 saturated heterocycles. The molecular weight excluding hydrogens is 190 g/mol. The third kappa shape index (κ3) is 3.02. The van der Waals surface area contributed by atoms with Gasteiger partial charge in [-0.25, -0.2) is 0 Å². The van der Waals surface area contributed by atoms with Crippen LogP contribution in [0.5, 0.6) is 0 Å². The van der Waals surface area contributed by atoms with E-state index < -0.39 is 0 Å². The summed E-state index contributed by atoms with van der Waals surface area (Å²) in [4.78, 5) is 4.41. The normalized spacial score (nSPS) is 17.8. The minimum absolute atomic E-state index is 0.221. The van der Waals surface area contributed by atoms with E-state index in [4.69, 9.17) is 4.52 Å². The van der Waals surface area contributed by atoms with E-state index in [1.165, 1.54) is 0 Å². The van der Waals surface area contributed by atoms with E-state index in [9.17, 15) is 0 Å². The fourth-order valence-electron chi connectivity index (χ4n) is 1.66. The molecule has 4 nitrogen and oxygen atoms in total. The molecule has 1 aliphatic rings. The highest BCUT2D eigenvalue weighted by Crippen LogP contribution is 2.19. The third-order valence-corrected chi connectivity index (χ3v) is 2.53. The van der Waals surface area contributed by atoms with Crippen molar-refractivity contribution in [2.24, 2.45) is 11.3 Å². The molecule has 1 fully saturated rings. The molecule has 1 aromatic heterocycles. The summed E-state index contributed by atoms with van der Waals surface area (Å²) in [5.74, 6) is 2.32. The minimum atomic E-state index is 0.221. The molecule has 0 aromatic carbocycles. The Hall–Kier alpha value is -0.900. The monoisotopic (exact) mass is 209 g/mol. The summed E-state index contributed by atoms with van der Waals surface area (Å²) in [6.07, 6.45) is 1.80. The fourth-order valence-corrected chi connectivity index (χ4v) is 1.66. The lowest BCUT2D eigenvalue weighted by molar-refractivity contribution is 0.293. The number of hydrogen-bond acceptors (Lipinski definition) is 4. The number of hydrogen-bond donors (Lipinski definition) is 1. The first-order valence-electron chi connectivity index (χ1n) is 5.55. The Morgan fingerprint density at radius 3 is 2.67 bits per heavy atom. The Labute approximate surface area is 90.4 Å². The van der Waals surface area contributed by atoms with Crippen molar-refractivity contribution in [1.29, 1.82) is 0 Å². The van der Waals surface area contributed by atoms with Gasteiger partial charge in [-0.2, -0.15) is 4.98 Å². The van der Waals surface area contributed by atoms with Gasteiger partial charge in [-0.15, -0.1) is 0 Å². The van der Waals surface area contributed by atoms with Crippen molar-refractivity contribution < 1.29 is 4.52 Å². The molecule has 0 atom stereocenters. The molecule has 1 aliphatic heterocycles. The molecule has 0 aliphatic carbocycles. The number of nitrogens with one attached hydrogen (secondary N) is 1. The summed E-state index contributed by atoms with van der Waals surface area (Å²) < 4.78 is 5.23. The Morgan fingerprint density at radius 1 is 1.40 bits per heavy atom. The van der Waals surface area contributed by atoms with Gasteiger partial charge in [0, 0.05) is 12.8 Å². The standard InChI is InChI=1S/C11H19N3O/c1-11(2,3)5-9-13-10(15-14-9)4-8-6-12-7-8/h8,12H,4-7H2,1-3H3. The van der Waals surface area contributed by atoms with Gasteiger partial charge in [0.15, 0.2) is 5.82 Å². The average Bonchev–Trinajstić information content (AvgIpc) is 2.42. The van der Waals surface area contributed by atoms with Gasteiger partial charge in [-0.05, 0) is 24.4 Å². The van der Waals surface area contributed by atoms with Crippen LogP contribution in [0, 0.1) is 11.3 Å². The Kier molecular flexibility index (Phi) is 2.78. The van der Waals surface area contributed by atoms with Crippen LogP contribution in [0.1, 0.15) is 32.5 Å². The molecule has 1 N–H and O–H groups in total. The second kappa shape index (κ2) is 3.93. The van der Waals surface area contributed by atoms with E-state index in [1.54, 1.807) is 0 Å². The number of aromatic nitrogens is 2. The minimum Gasteiger partial charge on any atom is -0.339 e. The smallest absolute Gasteiger partial charge is 0.227 e. The molecule has 2 heterocycles. The van der Waals surface area contributed by atoms with Gasteiger partial charge >= 0.3 is 0 Å². The van der Waals surface area contributed by atoms with E-state index in [-0.39, 0.29) is 5.41 Å². The van der Waals surface area contributed by atoms with E-state index in [1.807, 2.05) is 0 Å². The maximum absolute atomic E-state index is 5.23. The highest BCUT2D eigenvalue weighted by atomic mass is 16.5. The van der Waals surface area contributed by atoms with Crippen LogP contribution in [-0.2, 0) is 12.8 Å². The van der Waals surface area contributed by atoms with Gasteiger partial charge in [-0.3, -0.25) is 0 Å². The van der Waals surface area contributed by atoms with Crippen molar-refractivity contribution in [1.82, 2.24) is 15.5 Å². The molecule has 2 rings (SSSR count). The van der Waals surface area contributed by atoms with E-state index in [0.29, 0.717) is 5.92 Å². The average molecular weight is 209 g/mol. The van der Waals surface area contributed by atoms with E-state index in [2.05, 4.69) is 36.2 Å². The van der Waals surface area contributed by atoms with Crippen LogP contribution in [0.4, 0.5) is 0 Å². The summed E-state index contributed by atoms with van der Waals surface area (Å²) in [5.41, 5.74) is 0.221. The summed E-state index contributed by atoms with van der Waals surface area (Å²) in [7, 11) is 0. The van der Waals surface area contributed by atoms with Crippen LogP contribution in [0.3, 0.4) is 0 Å². The second-order valence-electron chi connectivity index (χ2n) is 5.57. The predicted octanol–water partition coefficient (Wildman–Crippen LogP) is 1.42. The first kappa shape index (κ1) is 10.6. The van der Waals surface area contributed by atoms with E-state index in [0.717, 1.165) is 37.6 Å². The summed E-state index contributed by atoms with van der Waals surface area (Å²) >= 11 is 0. The summed E-state index contributed by atoms with van der Waals surface area (Å²) in [6.45, 7) is 8.70. The zero-order valence-electron chi connectivity index (χ0n) is 9.71. The van der Waals surface area contributed by atoms with Gasteiger partial charge in [0.25, 0.3) is 0 Å². The quantitative estimate of drug-likeness (QED) is 0.818. The molecule has 1 aromatic rings. The van der Waals surface area contributed by atoms with Crippen molar-refractivity contribution in [3.8, 4) is 0 Å². The predicted molar refractivity (Wildman–Crippen MR) is 57.5 cm³/mol.